The fraction of sp³-hybridized carbons (Fsp3) is 0.692. The van der Waals surface area contributed by atoms with Crippen LogP contribution in [-0.4, -0.2) is 23.7 Å². The van der Waals surface area contributed by atoms with Crippen molar-refractivity contribution < 1.29 is 9.15 Å². The van der Waals surface area contributed by atoms with Crippen LogP contribution in [0.5, 0.6) is 0 Å². The minimum atomic E-state index is 0.0458. The Balaban J connectivity index is 1.74. The summed E-state index contributed by atoms with van der Waals surface area (Å²) in [5.74, 6) is 2.84. The van der Waals surface area contributed by atoms with Crippen LogP contribution in [0.1, 0.15) is 30.9 Å². The van der Waals surface area contributed by atoms with Crippen LogP contribution in [0.15, 0.2) is 21.4 Å². The number of hydrogen-bond donors (Lipinski definition) is 1. The van der Waals surface area contributed by atoms with Crippen molar-refractivity contribution in [1.29, 1.82) is 0 Å². The van der Waals surface area contributed by atoms with E-state index in [0.717, 1.165) is 35.4 Å². The Morgan fingerprint density at radius 2 is 2.44 bits per heavy atom. The fourth-order valence-corrected chi connectivity index (χ4v) is 4.91. The Morgan fingerprint density at radius 1 is 1.56 bits per heavy atom. The van der Waals surface area contributed by atoms with Crippen molar-refractivity contribution >= 4 is 27.7 Å². The van der Waals surface area contributed by atoms with Crippen LogP contribution in [0.4, 0.5) is 0 Å². The molecule has 1 aromatic heterocycles. The summed E-state index contributed by atoms with van der Waals surface area (Å²) in [6.45, 7) is 0.842. The summed E-state index contributed by atoms with van der Waals surface area (Å²) in [6, 6.07) is 2.02. The first-order valence-corrected chi connectivity index (χ1v) is 8.35. The van der Waals surface area contributed by atoms with Crippen molar-refractivity contribution in [1.82, 2.24) is 0 Å². The maximum absolute atomic E-state index is 6.41. The molecule has 18 heavy (non-hydrogen) atoms. The van der Waals surface area contributed by atoms with E-state index in [2.05, 4.69) is 15.9 Å². The molecule has 5 heteroatoms. The molecule has 0 aromatic carbocycles. The number of thioether (sulfide) groups is 1. The van der Waals surface area contributed by atoms with Gasteiger partial charge < -0.3 is 14.9 Å². The van der Waals surface area contributed by atoms with Crippen molar-refractivity contribution in [3.63, 3.8) is 0 Å². The SMILES string of the molecule is NC(c1ccoc1Br)C1CCOC2(CCSC2)C1. The van der Waals surface area contributed by atoms with E-state index in [1.54, 1.807) is 6.26 Å². The highest BCUT2D eigenvalue weighted by Gasteiger charge is 2.42. The average Bonchev–Trinajstić information content (AvgIpc) is 2.98. The van der Waals surface area contributed by atoms with E-state index in [4.69, 9.17) is 14.9 Å². The molecule has 2 saturated heterocycles. The lowest BCUT2D eigenvalue weighted by Crippen LogP contribution is -2.42. The van der Waals surface area contributed by atoms with Gasteiger partial charge in [-0.25, -0.2) is 0 Å². The monoisotopic (exact) mass is 331 g/mol. The van der Waals surface area contributed by atoms with Gasteiger partial charge in [0.2, 0.25) is 0 Å². The molecular weight excluding hydrogens is 314 g/mol. The highest BCUT2D eigenvalue weighted by molar-refractivity contribution is 9.10. The maximum atomic E-state index is 6.41. The Morgan fingerprint density at radius 3 is 3.11 bits per heavy atom. The largest absolute Gasteiger partial charge is 0.457 e. The van der Waals surface area contributed by atoms with Gasteiger partial charge in [-0.1, -0.05) is 0 Å². The molecule has 3 heterocycles. The van der Waals surface area contributed by atoms with Gasteiger partial charge in [0.15, 0.2) is 4.67 Å². The average molecular weight is 332 g/mol. The molecule has 100 valence electrons. The summed E-state index contributed by atoms with van der Waals surface area (Å²) in [7, 11) is 0. The van der Waals surface area contributed by atoms with Crippen molar-refractivity contribution in [2.75, 3.05) is 18.1 Å². The zero-order valence-electron chi connectivity index (χ0n) is 10.2. The lowest BCUT2D eigenvalue weighted by molar-refractivity contribution is -0.0834. The number of ether oxygens (including phenoxy) is 1. The van der Waals surface area contributed by atoms with Gasteiger partial charge in [0.25, 0.3) is 0 Å². The predicted molar refractivity (Wildman–Crippen MR) is 76.7 cm³/mol. The van der Waals surface area contributed by atoms with Crippen LogP contribution in [0.3, 0.4) is 0 Å². The third kappa shape index (κ3) is 2.38. The highest BCUT2D eigenvalue weighted by atomic mass is 79.9. The van der Waals surface area contributed by atoms with Crippen molar-refractivity contribution in [3.05, 3.63) is 22.6 Å². The van der Waals surface area contributed by atoms with Gasteiger partial charge in [0, 0.05) is 24.0 Å². The molecule has 2 fully saturated rings. The summed E-state index contributed by atoms with van der Waals surface area (Å²) < 4.78 is 12.1. The normalized spacial score (nSPS) is 34.0. The minimum Gasteiger partial charge on any atom is -0.457 e. The molecule has 3 nitrogen and oxygen atoms in total. The standard InChI is InChI=1S/C13H18BrNO2S/c14-12-10(2-4-16-12)11(15)9-1-5-17-13(7-9)3-6-18-8-13/h2,4,9,11H,1,3,5-8,15H2. The molecule has 3 rings (SSSR count). The fourth-order valence-electron chi connectivity index (χ4n) is 3.03. The Kier molecular flexibility index (Phi) is 3.76. The van der Waals surface area contributed by atoms with Crippen LogP contribution in [-0.2, 0) is 4.74 Å². The van der Waals surface area contributed by atoms with E-state index in [1.165, 1.54) is 12.2 Å². The van der Waals surface area contributed by atoms with Gasteiger partial charge in [-0.3, -0.25) is 0 Å². The second kappa shape index (κ2) is 5.19. The van der Waals surface area contributed by atoms with E-state index in [9.17, 15) is 0 Å². The van der Waals surface area contributed by atoms with E-state index in [1.807, 2.05) is 17.8 Å². The smallest absolute Gasteiger partial charge is 0.173 e. The van der Waals surface area contributed by atoms with Crippen LogP contribution in [0.2, 0.25) is 0 Å². The molecule has 2 aliphatic rings. The van der Waals surface area contributed by atoms with Crippen LogP contribution < -0.4 is 5.73 Å². The first kappa shape index (κ1) is 13.0. The lowest BCUT2D eigenvalue weighted by Gasteiger charge is -2.39. The van der Waals surface area contributed by atoms with Crippen molar-refractivity contribution in [2.24, 2.45) is 11.7 Å². The molecule has 0 aliphatic carbocycles. The highest BCUT2D eigenvalue weighted by Crippen LogP contribution is 2.44. The second-order valence-electron chi connectivity index (χ2n) is 5.26. The molecule has 0 radical (unpaired) electrons. The van der Waals surface area contributed by atoms with Crippen molar-refractivity contribution in [2.45, 2.75) is 30.9 Å². The van der Waals surface area contributed by atoms with Gasteiger partial charge >= 0.3 is 0 Å². The summed E-state index contributed by atoms with van der Waals surface area (Å²) >= 11 is 5.43. The van der Waals surface area contributed by atoms with Gasteiger partial charge in [0.1, 0.15) is 0 Å². The van der Waals surface area contributed by atoms with E-state index >= 15 is 0 Å². The molecule has 0 saturated carbocycles. The zero-order chi connectivity index (χ0) is 12.6. The number of furan rings is 1. The van der Waals surface area contributed by atoms with E-state index in [-0.39, 0.29) is 11.6 Å². The number of rotatable bonds is 2. The first-order chi connectivity index (χ1) is 8.70. The molecule has 3 atom stereocenters. The Labute approximate surface area is 120 Å². The van der Waals surface area contributed by atoms with Crippen molar-refractivity contribution in [3.8, 4) is 0 Å². The zero-order valence-corrected chi connectivity index (χ0v) is 12.6. The number of nitrogens with two attached hydrogens (primary N) is 1. The number of halogens is 1. The number of hydrogen-bond acceptors (Lipinski definition) is 4. The maximum Gasteiger partial charge on any atom is 0.173 e. The topological polar surface area (TPSA) is 48.4 Å². The molecular formula is C13H18BrNO2S. The Bertz CT molecular complexity index is 417. The van der Waals surface area contributed by atoms with E-state index in [0.29, 0.717) is 5.92 Å². The summed E-state index contributed by atoms with van der Waals surface area (Å²) in [5.41, 5.74) is 7.60. The van der Waals surface area contributed by atoms with Gasteiger partial charge in [0.05, 0.1) is 11.9 Å². The molecule has 3 unspecified atom stereocenters. The van der Waals surface area contributed by atoms with Gasteiger partial charge in [-0.2, -0.15) is 11.8 Å². The minimum absolute atomic E-state index is 0.0458. The molecule has 2 N–H and O–H groups in total. The van der Waals surface area contributed by atoms with Crippen LogP contribution >= 0.6 is 27.7 Å². The molecule has 0 bridgehead atoms. The molecule has 1 aromatic rings. The summed E-state index contributed by atoms with van der Waals surface area (Å²) in [5, 5.41) is 0. The van der Waals surface area contributed by atoms with Gasteiger partial charge in [-0.05, 0) is 52.9 Å². The molecule has 0 amide bonds. The van der Waals surface area contributed by atoms with Crippen LogP contribution in [0.25, 0.3) is 0 Å². The quantitative estimate of drug-likeness (QED) is 0.902. The summed E-state index contributed by atoms with van der Waals surface area (Å²) in [6.07, 6.45) is 5.00. The third-order valence-corrected chi connectivity index (χ3v) is 5.98. The van der Waals surface area contributed by atoms with Crippen LogP contribution in [0, 0.1) is 5.92 Å². The Hall–Kier alpha value is 0.0300. The summed E-state index contributed by atoms with van der Waals surface area (Å²) in [4.78, 5) is 0. The van der Waals surface area contributed by atoms with E-state index < -0.39 is 0 Å². The lowest BCUT2D eigenvalue weighted by atomic mass is 9.80. The third-order valence-electron chi connectivity index (χ3n) is 4.11. The molecule has 1 spiro atoms. The molecule has 2 aliphatic heterocycles. The first-order valence-electron chi connectivity index (χ1n) is 6.40. The predicted octanol–water partition coefficient (Wildman–Crippen LogP) is 3.34. The second-order valence-corrected chi connectivity index (χ2v) is 7.09. The van der Waals surface area contributed by atoms with Gasteiger partial charge in [-0.15, -0.1) is 0 Å².